The summed E-state index contributed by atoms with van der Waals surface area (Å²) in [6, 6.07) is 0. The number of hydrogen-bond acceptors (Lipinski definition) is 2. The van der Waals surface area contributed by atoms with Crippen molar-refractivity contribution in [1.82, 2.24) is 0 Å². The molecule has 4 unspecified atom stereocenters. The fraction of sp³-hybridized carbons (Fsp3) is 1.00. The van der Waals surface area contributed by atoms with Crippen molar-refractivity contribution in [2.75, 3.05) is 6.54 Å². The Morgan fingerprint density at radius 2 is 2.07 bits per heavy atom. The van der Waals surface area contributed by atoms with Crippen molar-refractivity contribution < 1.29 is 5.11 Å². The van der Waals surface area contributed by atoms with Gasteiger partial charge in [-0.2, -0.15) is 0 Å². The number of nitrogens with two attached hydrogens (primary N) is 1. The topological polar surface area (TPSA) is 46.2 Å². The second-order valence-electron chi connectivity index (χ2n) is 5.50. The van der Waals surface area contributed by atoms with Gasteiger partial charge in [0.05, 0.1) is 5.60 Å². The van der Waals surface area contributed by atoms with E-state index in [-0.39, 0.29) is 0 Å². The Kier molecular flexibility index (Phi) is 4.60. The Bertz CT molecular complexity index is 195. The van der Waals surface area contributed by atoms with Gasteiger partial charge in [0.15, 0.2) is 0 Å². The molecule has 0 amide bonds. The predicted molar refractivity (Wildman–Crippen MR) is 64.6 cm³/mol. The van der Waals surface area contributed by atoms with Crippen molar-refractivity contribution >= 4 is 0 Å². The van der Waals surface area contributed by atoms with Crippen molar-refractivity contribution in [1.29, 1.82) is 0 Å². The molecule has 1 aliphatic rings. The third kappa shape index (κ3) is 2.73. The Morgan fingerprint density at radius 3 is 2.60 bits per heavy atom. The molecule has 0 spiro atoms. The second-order valence-corrected chi connectivity index (χ2v) is 5.50. The third-order valence-electron chi connectivity index (χ3n) is 4.25. The van der Waals surface area contributed by atoms with Crippen molar-refractivity contribution in [3.8, 4) is 0 Å². The van der Waals surface area contributed by atoms with E-state index in [0.717, 1.165) is 25.7 Å². The highest BCUT2D eigenvalue weighted by molar-refractivity contribution is 4.95. The van der Waals surface area contributed by atoms with Crippen LogP contribution in [0.4, 0.5) is 0 Å². The first-order chi connectivity index (χ1) is 7.04. The molecule has 90 valence electrons. The van der Waals surface area contributed by atoms with Crippen LogP contribution in [0.15, 0.2) is 0 Å². The third-order valence-corrected chi connectivity index (χ3v) is 4.25. The van der Waals surface area contributed by atoms with Gasteiger partial charge >= 0.3 is 0 Å². The molecule has 0 radical (unpaired) electrons. The second kappa shape index (κ2) is 5.31. The van der Waals surface area contributed by atoms with E-state index in [0.29, 0.717) is 24.3 Å². The minimum absolute atomic E-state index is 0.292. The monoisotopic (exact) mass is 213 g/mol. The maximum atomic E-state index is 10.8. The summed E-state index contributed by atoms with van der Waals surface area (Å²) in [5, 5.41) is 10.8. The molecular weight excluding hydrogens is 186 g/mol. The van der Waals surface area contributed by atoms with Crippen LogP contribution in [0.2, 0.25) is 0 Å². The van der Waals surface area contributed by atoms with Crippen LogP contribution >= 0.6 is 0 Å². The molecule has 0 saturated heterocycles. The molecule has 0 aromatic heterocycles. The first-order valence-corrected chi connectivity index (χ1v) is 6.47. The van der Waals surface area contributed by atoms with E-state index >= 15 is 0 Å². The average Bonchev–Trinajstić information content (AvgIpc) is 2.20. The van der Waals surface area contributed by atoms with E-state index < -0.39 is 5.60 Å². The number of hydrogen-bond donors (Lipinski definition) is 2. The zero-order chi connectivity index (χ0) is 11.5. The Labute approximate surface area is 94.2 Å². The Hall–Kier alpha value is -0.0800. The first-order valence-electron chi connectivity index (χ1n) is 6.47. The SMILES string of the molecule is CCCC(CN)C1(O)CC(C)CCC1C. The lowest BCUT2D eigenvalue weighted by Gasteiger charge is -2.46. The van der Waals surface area contributed by atoms with Gasteiger partial charge in [-0.1, -0.05) is 33.6 Å². The minimum atomic E-state index is -0.498. The summed E-state index contributed by atoms with van der Waals surface area (Å²) in [7, 11) is 0. The Morgan fingerprint density at radius 1 is 1.40 bits per heavy atom. The summed E-state index contributed by atoms with van der Waals surface area (Å²) in [5.41, 5.74) is 5.32. The van der Waals surface area contributed by atoms with Gasteiger partial charge in [-0.3, -0.25) is 0 Å². The summed E-state index contributed by atoms with van der Waals surface area (Å²) in [6.07, 6.45) is 5.52. The average molecular weight is 213 g/mol. The van der Waals surface area contributed by atoms with E-state index in [1.807, 2.05) is 0 Å². The molecule has 15 heavy (non-hydrogen) atoms. The summed E-state index contributed by atoms with van der Waals surface area (Å²) in [6.45, 7) is 7.23. The fourth-order valence-electron chi connectivity index (χ4n) is 3.14. The molecule has 0 aromatic carbocycles. The van der Waals surface area contributed by atoms with E-state index in [1.54, 1.807) is 0 Å². The van der Waals surface area contributed by atoms with E-state index in [9.17, 15) is 5.11 Å². The van der Waals surface area contributed by atoms with E-state index in [4.69, 9.17) is 5.73 Å². The van der Waals surface area contributed by atoms with Gasteiger partial charge in [0.1, 0.15) is 0 Å². The molecule has 2 heteroatoms. The van der Waals surface area contributed by atoms with Crippen LogP contribution in [0.5, 0.6) is 0 Å². The quantitative estimate of drug-likeness (QED) is 0.754. The summed E-state index contributed by atoms with van der Waals surface area (Å²) < 4.78 is 0. The molecule has 3 N–H and O–H groups in total. The lowest BCUT2D eigenvalue weighted by Crippen LogP contribution is -2.50. The molecule has 1 fully saturated rings. The lowest BCUT2D eigenvalue weighted by atomic mass is 9.65. The van der Waals surface area contributed by atoms with E-state index in [2.05, 4.69) is 20.8 Å². The first kappa shape index (κ1) is 13.0. The molecule has 0 aromatic rings. The van der Waals surface area contributed by atoms with Crippen LogP contribution in [0.1, 0.15) is 52.9 Å². The van der Waals surface area contributed by atoms with Gasteiger partial charge in [-0.15, -0.1) is 0 Å². The van der Waals surface area contributed by atoms with Crippen molar-refractivity contribution in [3.05, 3.63) is 0 Å². The predicted octanol–water partition coefficient (Wildman–Crippen LogP) is 2.55. The molecule has 1 rings (SSSR count). The highest BCUT2D eigenvalue weighted by atomic mass is 16.3. The van der Waals surface area contributed by atoms with Gasteiger partial charge in [-0.05, 0) is 37.6 Å². The van der Waals surface area contributed by atoms with Gasteiger partial charge < -0.3 is 10.8 Å². The maximum absolute atomic E-state index is 10.8. The van der Waals surface area contributed by atoms with Crippen LogP contribution in [-0.4, -0.2) is 17.3 Å². The minimum Gasteiger partial charge on any atom is -0.389 e. The molecule has 0 aliphatic heterocycles. The molecule has 1 aliphatic carbocycles. The van der Waals surface area contributed by atoms with Gasteiger partial charge in [-0.25, -0.2) is 0 Å². The van der Waals surface area contributed by atoms with Crippen LogP contribution in [0.25, 0.3) is 0 Å². The zero-order valence-corrected chi connectivity index (χ0v) is 10.5. The van der Waals surface area contributed by atoms with Gasteiger partial charge in [0.25, 0.3) is 0 Å². The Balaban J connectivity index is 2.74. The number of rotatable bonds is 4. The highest BCUT2D eigenvalue weighted by Gasteiger charge is 2.43. The molecule has 4 atom stereocenters. The molecule has 2 nitrogen and oxygen atoms in total. The smallest absolute Gasteiger partial charge is 0.0715 e. The lowest BCUT2D eigenvalue weighted by molar-refractivity contribution is -0.101. The summed E-state index contributed by atoms with van der Waals surface area (Å²) in [5.74, 6) is 1.35. The van der Waals surface area contributed by atoms with Crippen molar-refractivity contribution in [2.45, 2.75) is 58.5 Å². The van der Waals surface area contributed by atoms with Crippen molar-refractivity contribution in [3.63, 3.8) is 0 Å². The normalized spacial score (nSPS) is 39.0. The van der Waals surface area contributed by atoms with E-state index in [1.165, 1.54) is 6.42 Å². The summed E-state index contributed by atoms with van der Waals surface area (Å²) in [4.78, 5) is 0. The number of aliphatic hydroxyl groups is 1. The van der Waals surface area contributed by atoms with Gasteiger partial charge in [0, 0.05) is 5.92 Å². The molecule has 1 saturated carbocycles. The van der Waals surface area contributed by atoms with Crippen LogP contribution in [0.3, 0.4) is 0 Å². The van der Waals surface area contributed by atoms with Crippen LogP contribution in [-0.2, 0) is 0 Å². The maximum Gasteiger partial charge on any atom is 0.0715 e. The van der Waals surface area contributed by atoms with Crippen LogP contribution < -0.4 is 5.73 Å². The highest BCUT2D eigenvalue weighted by Crippen LogP contribution is 2.42. The van der Waals surface area contributed by atoms with Gasteiger partial charge in [0.2, 0.25) is 0 Å². The molecule has 0 heterocycles. The molecule has 0 bridgehead atoms. The molecular formula is C13H27NO. The zero-order valence-electron chi connectivity index (χ0n) is 10.5. The largest absolute Gasteiger partial charge is 0.389 e. The van der Waals surface area contributed by atoms with Crippen LogP contribution in [0, 0.1) is 17.8 Å². The summed E-state index contributed by atoms with van der Waals surface area (Å²) >= 11 is 0. The fourth-order valence-corrected chi connectivity index (χ4v) is 3.14. The standard InChI is InChI=1S/C13H27NO/c1-4-5-12(9-14)13(15)8-10(2)6-7-11(13)3/h10-12,15H,4-9,14H2,1-3H3. The van der Waals surface area contributed by atoms with Crippen molar-refractivity contribution in [2.24, 2.45) is 23.5 Å².